The quantitative estimate of drug-likeness (QED) is 0.110. The Morgan fingerprint density at radius 3 is 1.29 bits per heavy atom. The normalized spacial score (nSPS) is 17.6. The molecule has 0 radical (unpaired) electrons. The van der Waals surface area contributed by atoms with Gasteiger partial charge in [0.05, 0.1) is 20.3 Å². The summed E-state index contributed by atoms with van der Waals surface area (Å²) in [5, 5.41) is 0. The molecule has 0 amide bonds. The molecule has 38 heavy (non-hydrogen) atoms. The summed E-state index contributed by atoms with van der Waals surface area (Å²) in [7, 11) is 17.3. The van der Waals surface area contributed by atoms with Crippen LogP contribution in [0.3, 0.4) is 0 Å². The van der Waals surface area contributed by atoms with Gasteiger partial charge in [-0.25, -0.2) is 6.67 Å². The first-order chi connectivity index (χ1) is 16.6. The minimum atomic E-state index is -6.00. The minimum absolute atomic E-state index is 0. The van der Waals surface area contributed by atoms with E-state index in [1.165, 1.54) is 39.3 Å². The molecule has 0 bridgehead atoms. The van der Waals surface area contributed by atoms with Gasteiger partial charge < -0.3 is 34.5 Å². The standard InChI is InChI=1S/C6H14N2.2C5H11N2.3C2H4.CH4.CH3.BF4.2ClH.Ru/c1-6-7(2)4-5-8(6)3;2*1-6-3-4-7(2)5-6;3*1-2;;;2-1(3,4)5;;;/h6H,4-5H2,1-3H3;2*5H,3-4H2,1-2H3;2*1-2H2;1H,2H3;1H4;1H3;;2*1H;/q;-1;+1;;;;;2*-1;;;+2/p-2. The summed E-state index contributed by atoms with van der Waals surface area (Å²) in [6.45, 7) is 25.4. The predicted octanol–water partition coefficient (Wildman–Crippen LogP) is 5.52. The third-order valence-corrected chi connectivity index (χ3v) is 7.22. The summed E-state index contributed by atoms with van der Waals surface area (Å²) in [6.07, 6.45) is 2.76. The van der Waals surface area contributed by atoms with Crippen molar-refractivity contribution in [2.75, 3.05) is 81.6 Å². The van der Waals surface area contributed by atoms with Crippen LogP contribution in [0.1, 0.15) is 21.3 Å². The second-order valence-corrected chi connectivity index (χ2v) is 13.9. The number of likely N-dealkylation sites (N-methyl/N-ethyl adjacent to an activating group) is 6. The van der Waals surface area contributed by atoms with Crippen molar-refractivity contribution in [3.8, 4) is 0 Å². The van der Waals surface area contributed by atoms with Crippen LogP contribution in [0, 0.1) is 14.1 Å². The smallest absolute Gasteiger partial charge is 0.418 e. The van der Waals surface area contributed by atoms with Crippen LogP contribution in [0.5, 0.6) is 0 Å². The first kappa shape index (κ1) is 50.5. The van der Waals surface area contributed by atoms with Gasteiger partial charge in [0.2, 0.25) is 6.34 Å². The average molecular weight is 687 g/mol. The van der Waals surface area contributed by atoms with E-state index in [0.717, 1.165) is 0 Å². The molecule has 0 aliphatic carbocycles. The van der Waals surface area contributed by atoms with Gasteiger partial charge in [-0.3, -0.25) is 19.3 Å². The van der Waals surface area contributed by atoms with E-state index in [9.17, 15) is 17.3 Å². The zero-order valence-electron chi connectivity index (χ0n) is 24.3. The molecule has 14 heteroatoms. The van der Waals surface area contributed by atoms with Gasteiger partial charge in [0, 0.05) is 13.1 Å². The Bertz CT molecular complexity index is 563. The molecule has 0 aromatic rings. The first-order valence-electron chi connectivity index (χ1n) is 11.1. The average Bonchev–Trinajstić information content (AvgIpc) is 3.47. The monoisotopic (exact) mass is 686 g/mol. The largest absolute Gasteiger partial charge is 0.673 e. The van der Waals surface area contributed by atoms with Crippen LogP contribution in [-0.4, -0.2) is 135 Å². The van der Waals surface area contributed by atoms with E-state index in [4.69, 9.17) is 19.4 Å². The van der Waals surface area contributed by atoms with Crippen molar-refractivity contribution in [2.45, 2.75) is 27.4 Å². The molecular weight excluding hydrogens is 631 g/mol. The van der Waals surface area contributed by atoms with Gasteiger partial charge >= 0.3 is 51.7 Å². The SMILES string of the molecule is C.C=C.C=C.CC1N(C)CCN1C.CN1C=[N+](C)CC1.CN1[CH-]N(C)CC1.C[CH]=[Ru]([Cl])[Cl].F[B-](F)(F)F.[CH3-]. The van der Waals surface area contributed by atoms with E-state index < -0.39 is 20.8 Å². The Morgan fingerprint density at radius 2 is 1.21 bits per heavy atom. The Hall–Kier alpha value is -0.352. The number of halogens is 6. The van der Waals surface area contributed by atoms with Crippen molar-refractivity contribution in [2.24, 2.45) is 0 Å². The van der Waals surface area contributed by atoms with Gasteiger partial charge in [-0.2, -0.15) is 0 Å². The molecule has 2 fully saturated rings. The third kappa shape index (κ3) is 40.1. The molecule has 0 saturated carbocycles. The maximum absolute atomic E-state index is 9.75. The molecule has 0 unspecified atom stereocenters. The van der Waals surface area contributed by atoms with Crippen molar-refractivity contribution >= 4 is 37.6 Å². The first-order valence-corrected chi connectivity index (χ1v) is 16.6. The number of hydrogen-bond acceptors (Lipinski definition) is 5. The number of nitrogens with zero attached hydrogens (tertiary/aromatic N) is 6. The van der Waals surface area contributed by atoms with Gasteiger partial charge in [0.15, 0.2) is 0 Å². The van der Waals surface area contributed by atoms with E-state index in [1.54, 1.807) is 0 Å². The molecule has 6 nitrogen and oxygen atoms in total. The van der Waals surface area contributed by atoms with E-state index in [-0.39, 0.29) is 14.9 Å². The summed E-state index contributed by atoms with van der Waals surface area (Å²) >= 11 is -1.36. The molecule has 2 saturated heterocycles. The molecule has 0 spiro atoms. The second kappa shape index (κ2) is 31.2. The van der Waals surface area contributed by atoms with Crippen LogP contribution >= 0.6 is 19.4 Å². The van der Waals surface area contributed by atoms with E-state index in [2.05, 4.69) is 118 Å². The predicted molar refractivity (Wildman–Crippen MR) is 163 cm³/mol. The number of hydrogen-bond donors (Lipinski definition) is 0. The fraction of sp³-hybridized carbons (Fsp3) is 0.667. The zero-order chi connectivity index (χ0) is 29.5. The molecule has 0 aromatic carbocycles. The van der Waals surface area contributed by atoms with Crippen LogP contribution in [-0.2, 0) is 13.5 Å². The Morgan fingerprint density at radius 1 is 0.895 bits per heavy atom. The van der Waals surface area contributed by atoms with Crippen LogP contribution in [0.4, 0.5) is 17.3 Å². The van der Waals surface area contributed by atoms with E-state index in [1.807, 2.05) is 11.5 Å². The van der Waals surface area contributed by atoms with E-state index in [0.29, 0.717) is 6.17 Å². The van der Waals surface area contributed by atoms with Gasteiger partial charge in [0.25, 0.3) is 0 Å². The van der Waals surface area contributed by atoms with Crippen molar-refractivity contribution in [1.29, 1.82) is 0 Å². The van der Waals surface area contributed by atoms with Crippen molar-refractivity contribution in [1.82, 2.24) is 24.5 Å². The summed E-state index contributed by atoms with van der Waals surface area (Å²) in [4.78, 5) is 11.2. The molecule has 3 aliphatic heterocycles. The Labute approximate surface area is 246 Å². The molecule has 236 valence electrons. The van der Waals surface area contributed by atoms with Crippen LogP contribution in [0.25, 0.3) is 0 Å². The molecule has 3 rings (SSSR count). The van der Waals surface area contributed by atoms with Gasteiger partial charge in [-0.1, -0.05) is 7.43 Å². The molecule has 3 aliphatic rings. The maximum Gasteiger partial charge on any atom is 0.673 e. The summed E-state index contributed by atoms with van der Waals surface area (Å²) in [6, 6.07) is 0. The molecule has 0 aromatic heterocycles. The van der Waals surface area contributed by atoms with Crippen LogP contribution in [0.15, 0.2) is 26.3 Å². The Balaban J connectivity index is -0.0000000813. The van der Waals surface area contributed by atoms with E-state index >= 15 is 0 Å². The van der Waals surface area contributed by atoms with Gasteiger partial charge in [-0.15, -0.1) is 26.3 Å². The van der Waals surface area contributed by atoms with Crippen LogP contribution < -0.4 is 0 Å². The Kier molecular flexibility index (Phi) is 41.4. The topological polar surface area (TPSA) is 19.2 Å². The minimum Gasteiger partial charge on any atom is -0.418 e. The zero-order valence-corrected chi connectivity index (χ0v) is 27.5. The molecule has 0 atom stereocenters. The fourth-order valence-corrected chi connectivity index (χ4v) is 2.56. The summed E-state index contributed by atoms with van der Waals surface area (Å²) in [5.41, 5.74) is 0. The summed E-state index contributed by atoms with van der Waals surface area (Å²) < 4.78 is 43.0. The van der Waals surface area contributed by atoms with Crippen molar-refractivity contribution < 1.29 is 35.4 Å². The maximum atomic E-state index is 9.75. The second-order valence-electron chi connectivity index (χ2n) is 7.65. The van der Waals surface area contributed by atoms with Crippen molar-refractivity contribution in [3.63, 3.8) is 0 Å². The fourth-order valence-electron chi connectivity index (χ4n) is 2.56. The van der Waals surface area contributed by atoms with Gasteiger partial charge in [-0.05, 0) is 48.2 Å². The summed E-state index contributed by atoms with van der Waals surface area (Å²) in [5.74, 6) is 0. The molecule has 3 heterocycles. The number of rotatable bonds is 0. The van der Waals surface area contributed by atoms with Crippen LogP contribution in [0.2, 0.25) is 0 Å². The molecule has 0 N–H and O–H groups in total. The van der Waals surface area contributed by atoms with Crippen molar-refractivity contribution in [3.05, 3.63) is 40.4 Å². The molecular formula is C24H55BCl2F4N6Ru-2. The van der Waals surface area contributed by atoms with Gasteiger partial charge in [0.1, 0.15) is 13.1 Å². The third-order valence-electron chi connectivity index (χ3n) is 4.63.